The summed E-state index contributed by atoms with van der Waals surface area (Å²) in [5.41, 5.74) is 1.00. The van der Waals surface area contributed by atoms with Gasteiger partial charge in [0.15, 0.2) is 11.5 Å². The monoisotopic (exact) mass is 244 g/mol. The molecule has 18 heavy (non-hydrogen) atoms. The van der Waals surface area contributed by atoms with Gasteiger partial charge in [0.25, 0.3) is 0 Å². The summed E-state index contributed by atoms with van der Waals surface area (Å²) >= 11 is 0. The molecular weight excluding hydrogens is 228 g/mol. The SMILES string of the molecule is COc1ccc(CN(C)c2ccccn2)cc1O. The molecule has 4 nitrogen and oxygen atoms in total. The van der Waals surface area contributed by atoms with E-state index in [9.17, 15) is 5.11 Å². The number of anilines is 1. The van der Waals surface area contributed by atoms with E-state index in [0.29, 0.717) is 12.3 Å². The van der Waals surface area contributed by atoms with Crippen molar-refractivity contribution in [3.63, 3.8) is 0 Å². The standard InChI is InChI=1S/C14H16N2O2/c1-16(14-5-3-4-8-15-14)10-11-6-7-13(18-2)12(17)9-11/h3-9,17H,10H2,1-2H3. The highest BCUT2D eigenvalue weighted by Gasteiger charge is 2.06. The summed E-state index contributed by atoms with van der Waals surface area (Å²) in [6, 6.07) is 11.2. The Kier molecular flexibility index (Phi) is 3.67. The number of hydrogen-bond donors (Lipinski definition) is 1. The van der Waals surface area contributed by atoms with Gasteiger partial charge in [-0.15, -0.1) is 0 Å². The van der Waals surface area contributed by atoms with Gasteiger partial charge < -0.3 is 14.7 Å². The number of methoxy groups -OCH3 is 1. The molecule has 0 unspecified atom stereocenters. The lowest BCUT2D eigenvalue weighted by Gasteiger charge is -2.18. The van der Waals surface area contributed by atoms with Gasteiger partial charge in [-0.3, -0.25) is 0 Å². The maximum Gasteiger partial charge on any atom is 0.160 e. The van der Waals surface area contributed by atoms with Gasteiger partial charge in [0.1, 0.15) is 5.82 Å². The van der Waals surface area contributed by atoms with Gasteiger partial charge in [-0.1, -0.05) is 12.1 Å². The molecular formula is C14H16N2O2. The third-order valence-electron chi connectivity index (χ3n) is 2.70. The highest BCUT2D eigenvalue weighted by molar-refractivity contribution is 5.44. The number of aromatic hydroxyl groups is 1. The molecule has 0 spiro atoms. The lowest BCUT2D eigenvalue weighted by molar-refractivity contribution is 0.373. The van der Waals surface area contributed by atoms with Crippen LogP contribution >= 0.6 is 0 Å². The lowest BCUT2D eigenvalue weighted by Crippen LogP contribution is -2.17. The Bertz CT molecular complexity index is 514. The summed E-state index contributed by atoms with van der Waals surface area (Å²) in [6.07, 6.45) is 1.76. The van der Waals surface area contributed by atoms with Crippen LogP contribution in [0.5, 0.6) is 11.5 Å². The molecule has 0 saturated carbocycles. The van der Waals surface area contributed by atoms with Crippen LogP contribution in [0.1, 0.15) is 5.56 Å². The largest absolute Gasteiger partial charge is 0.504 e. The van der Waals surface area contributed by atoms with E-state index in [4.69, 9.17) is 4.74 Å². The highest BCUT2D eigenvalue weighted by atomic mass is 16.5. The smallest absolute Gasteiger partial charge is 0.160 e. The van der Waals surface area contributed by atoms with Gasteiger partial charge in [-0.05, 0) is 29.8 Å². The average molecular weight is 244 g/mol. The molecule has 0 aliphatic heterocycles. The molecule has 1 N–H and O–H groups in total. The minimum Gasteiger partial charge on any atom is -0.504 e. The van der Waals surface area contributed by atoms with Crippen LogP contribution in [0.3, 0.4) is 0 Å². The van der Waals surface area contributed by atoms with Crippen molar-refractivity contribution in [2.45, 2.75) is 6.54 Å². The molecule has 1 aromatic heterocycles. The Morgan fingerprint density at radius 3 is 2.72 bits per heavy atom. The molecule has 0 amide bonds. The molecule has 1 aromatic carbocycles. The molecule has 4 heteroatoms. The fourth-order valence-electron chi connectivity index (χ4n) is 1.77. The average Bonchev–Trinajstić information content (AvgIpc) is 2.40. The fraction of sp³-hybridized carbons (Fsp3) is 0.214. The summed E-state index contributed by atoms with van der Waals surface area (Å²) in [4.78, 5) is 6.28. The van der Waals surface area contributed by atoms with Gasteiger partial charge in [-0.2, -0.15) is 0 Å². The number of pyridine rings is 1. The Morgan fingerprint density at radius 2 is 2.11 bits per heavy atom. The molecule has 0 aliphatic carbocycles. The zero-order valence-corrected chi connectivity index (χ0v) is 10.5. The first-order valence-electron chi connectivity index (χ1n) is 5.69. The Hall–Kier alpha value is -2.23. The van der Waals surface area contributed by atoms with E-state index in [2.05, 4.69) is 4.98 Å². The van der Waals surface area contributed by atoms with Crippen LogP contribution < -0.4 is 9.64 Å². The molecule has 0 atom stereocenters. The first-order chi connectivity index (χ1) is 8.70. The number of aromatic nitrogens is 1. The Balaban J connectivity index is 2.12. The minimum atomic E-state index is 0.157. The zero-order chi connectivity index (χ0) is 13.0. The maximum atomic E-state index is 9.72. The normalized spacial score (nSPS) is 10.1. The van der Waals surface area contributed by atoms with E-state index in [-0.39, 0.29) is 5.75 Å². The summed E-state index contributed by atoms with van der Waals surface area (Å²) in [7, 11) is 3.50. The Labute approximate surface area is 106 Å². The molecule has 1 heterocycles. The second kappa shape index (κ2) is 5.40. The van der Waals surface area contributed by atoms with Crippen LogP contribution in [0.15, 0.2) is 42.6 Å². The number of phenols is 1. The first-order valence-corrected chi connectivity index (χ1v) is 5.69. The van der Waals surface area contributed by atoms with Crippen molar-refractivity contribution in [2.75, 3.05) is 19.1 Å². The van der Waals surface area contributed by atoms with Crippen LogP contribution in [0.4, 0.5) is 5.82 Å². The van der Waals surface area contributed by atoms with Gasteiger partial charge >= 0.3 is 0 Å². The van der Waals surface area contributed by atoms with Crippen molar-refractivity contribution < 1.29 is 9.84 Å². The van der Waals surface area contributed by atoms with E-state index in [1.54, 1.807) is 18.3 Å². The van der Waals surface area contributed by atoms with Crippen LogP contribution in [-0.4, -0.2) is 24.2 Å². The van der Waals surface area contributed by atoms with Crippen molar-refractivity contribution in [3.05, 3.63) is 48.2 Å². The molecule has 0 fully saturated rings. The molecule has 0 saturated heterocycles. The summed E-state index contributed by atoms with van der Waals surface area (Å²) in [5.74, 6) is 1.54. The van der Waals surface area contributed by atoms with Gasteiger partial charge in [0.05, 0.1) is 7.11 Å². The number of phenolic OH excluding ortho intramolecular Hbond substituents is 1. The third kappa shape index (κ3) is 2.71. The lowest BCUT2D eigenvalue weighted by atomic mass is 10.2. The van der Waals surface area contributed by atoms with Crippen molar-refractivity contribution in [2.24, 2.45) is 0 Å². The van der Waals surface area contributed by atoms with Crippen LogP contribution in [-0.2, 0) is 6.54 Å². The van der Waals surface area contributed by atoms with E-state index < -0.39 is 0 Å². The molecule has 94 valence electrons. The van der Waals surface area contributed by atoms with Gasteiger partial charge in [0.2, 0.25) is 0 Å². The number of nitrogens with zero attached hydrogens (tertiary/aromatic N) is 2. The minimum absolute atomic E-state index is 0.157. The van der Waals surface area contributed by atoms with E-state index in [1.165, 1.54) is 7.11 Å². The predicted molar refractivity (Wildman–Crippen MR) is 71.0 cm³/mol. The maximum absolute atomic E-state index is 9.72. The molecule has 0 bridgehead atoms. The van der Waals surface area contributed by atoms with Crippen LogP contribution in [0.25, 0.3) is 0 Å². The molecule has 2 rings (SSSR count). The Morgan fingerprint density at radius 1 is 1.28 bits per heavy atom. The number of rotatable bonds is 4. The second-order valence-corrected chi connectivity index (χ2v) is 4.05. The van der Waals surface area contributed by atoms with Crippen LogP contribution in [0, 0.1) is 0 Å². The zero-order valence-electron chi connectivity index (χ0n) is 10.5. The number of ether oxygens (including phenoxy) is 1. The summed E-state index contributed by atoms with van der Waals surface area (Å²) in [5, 5.41) is 9.72. The summed E-state index contributed by atoms with van der Waals surface area (Å²) in [6.45, 7) is 0.675. The molecule has 0 aliphatic rings. The van der Waals surface area contributed by atoms with Crippen molar-refractivity contribution in [3.8, 4) is 11.5 Å². The van der Waals surface area contributed by atoms with E-state index in [0.717, 1.165) is 11.4 Å². The van der Waals surface area contributed by atoms with Gasteiger partial charge in [0, 0.05) is 19.8 Å². The topological polar surface area (TPSA) is 45.6 Å². The molecule has 0 radical (unpaired) electrons. The van der Waals surface area contributed by atoms with Gasteiger partial charge in [-0.25, -0.2) is 4.98 Å². The van der Waals surface area contributed by atoms with Crippen molar-refractivity contribution >= 4 is 5.82 Å². The van der Waals surface area contributed by atoms with E-state index >= 15 is 0 Å². The van der Waals surface area contributed by atoms with E-state index in [1.807, 2.05) is 36.2 Å². The third-order valence-corrected chi connectivity index (χ3v) is 2.70. The highest BCUT2D eigenvalue weighted by Crippen LogP contribution is 2.27. The quantitative estimate of drug-likeness (QED) is 0.897. The number of hydrogen-bond acceptors (Lipinski definition) is 4. The molecule has 2 aromatic rings. The van der Waals surface area contributed by atoms with Crippen molar-refractivity contribution in [1.82, 2.24) is 4.98 Å². The predicted octanol–water partition coefficient (Wildman–Crippen LogP) is 2.43. The van der Waals surface area contributed by atoms with Crippen molar-refractivity contribution in [1.29, 1.82) is 0 Å². The fourth-order valence-corrected chi connectivity index (χ4v) is 1.77. The number of benzene rings is 1. The second-order valence-electron chi connectivity index (χ2n) is 4.05. The van der Waals surface area contributed by atoms with Crippen LogP contribution in [0.2, 0.25) is 0 Å². The first kappa shape index (κ1) is 12.2. The summed E-state index contributed by atoms with van der Waals surface area (Å²) < 4.78 is 5.01.